The zero-order valence-electron chi connectivity index (χ0n) is 11.4. The molecule has 1 spiro atoms. The number of hydrogen-bond donors (Lipinski definition) is 1. The molecule has 2 aliphatic carbocycles. The minimum Gasteiger partial charge on any atom is -0.374 e. The first-order chi connectivity index (χ1) is 8.77. The van der Waals surface area contributed by atoms with E-state index in [2.05, 4.69) is 0 Å². The molecule has 3 unspecified atom stereocenters. The number of hydrogen-bond acceptors (Lipinski definition) is 3. The smallest absolute Gasteiger partial charge is 0.0817 e. The van der Waals surface area contributed by atoms with Crippen molar-refractivity contribution in [2.45, 2.75) is 88.1 Å². The SMILES string of the molecule is NC1CCCCC1OCC1CCC2(CCCC2)O1. The van der Waals surface area contributed by atoms with Crippen LogP contribution in [0.1, 0.15) is 64.2 Å². The Kier molecular flexibility index (Phi) is 3.92. The molecule has 0 radical (unpaired) electrons. The van der Waals surface area contributed by atoms with Crippen LogP contribution in [-0.2, 0) is 9.47 Å². The first kappa shape index (κ1) is 12.9. The summed E-state index contributed by atoms with van der Waals surface area (Å²) in [4.78, 5) is 0. The van der Waals surface area contributed by atoms with E-state index >= 15 is 0 Å². The van der Waals surface area contributed by atoms with Crippen molar-refractivity contribution < 1.29 is 9.47 Å². The highest BCUT2D eigenvalue weighted by Gasteiger charge is 2.42. The lowest BCUT2D eigenvalue weighted by Crippen LogP contribution is -2.40. The summed E-state index contributed by atoms with van der Waals surface area (Å²) in [7, 11) is 0. The van der Waals surface area contributed by atoms with Gasteiger partial charge in [0.15, 0.2) is 0 Å². The molecule has 3 atom stereocenters. The molecule has 3 fully saturated rings. The van der Waals surface area contributed by atoms with Crippen LogP contribution in [0.5, 0.6) is 0 Å². The van der Waals surface area contributed by atoms with Crippen LogP contribution in [0, 0.1) is 0 Å². The summed E-state index contributed by atoms with van der Waals surface area (Å²) in [5, 5.41) is 0. The normalized spacial score (nSPS) is 39.5. The van der Waals surface area contributed by atoms with E-state index in [1.54, 1.807) is 0 Å². The molecule has 1 heterocycles. The van der Waals surface area contributed by atoms with Gasteiger partial charge in [0.2, 0.25) is 0 Å². The molecule has 1 saturated heterocycles. The summed E-state index contributed by atoms with van der Waals surface area (Å²) in [5.41, 5.74) is 6.35. The van der Waals surface area contributed by atoms with Crippen molar-refractivity contribution in [2.24, 2.45) is 5.73 Å². The van der Waals surface area contributed by atoms with Gasteiger partial charge in [-0.15, -0.1) is 0 Å². The summed E-state index contributed by atoms with van der Waals surface area (Å²) in [6.07, 6.45) is 13.1. The van der Waals surface area contributed by atoms with Crippen LogP contribution in [0.4, 0.5) is 0 Å². The van der Waals surface area contributed by atoms with Crippen molar-refractivity contribution in [1.82, 2.24) is 0 Å². The second kappa shape index (κ2) is 5.48. The molecular weight excluding hydrogens is 226 g/mol. The average Bonchev–Trinajstić information content (AvgIpc) is 3.00. The highest BCUT2D eigenvalue weighted by atomic mass is 16.6. The van der Waals surface area contributed by atoms with E-state index in [9.17, 15) is 0 Å². The van der Waals surface area contributed by atoms with Gasteiger partial charge >= 0.3 is 0 Å². The maximum absolute atomic E-state index is 6.27. The Labute approximate surface area is 110 Å². The Morgan fingerprint density at radius 1 is 1.00 bits per heavy atom. The van der Waals surface area contributed by atoms with Crippen LogP contribution in [0.25, 0.3) is 0 Å². The van der Waals surface area contributed by atoms with Gasteiger partial charge < -0.3 is 15.2 Å². The molecule has 2 N–H and O–H groups in total. The quantitative estimate of drug-likeness (QED) is 0.841. The summed E-state index contributed by atoms with van der Waals surface area (Å²) in [6, 6.07) is 0.251. The maximum Gasteiger partial charge on any atom is 0.0817 e. The molecule has 0 amide bonds. The molecule has 0 aromatic rings. The molecule has 0 aromatic carbocycles. The fraction of sp³-hybridized carbons (Fsp3) is 1.00. The lowest BCUT2D eigenvalue weighted by molar-refractivity contribution is -0.0893. The molecule has 3 heteroatoms. The van der Waals surface area contributed by atoms with Crippen molar-refractivity contribution in [3.63, 3.8) is 0 Å². The van der Waals surface area contributed by atoms with E-state index in [1.165, 1.54) is 51.4 Å². The van der Waals surface area contributed by atoms with E-state index in [-0.39, 0.29) is 17.7 Å². The highest BCUT2D eigenvalue weighted by molar-refractivity contribution is 4.93. The van der Waals surface area contributed by atoms with Gasteiger partial charge in [0.05, 0.1) is 24.4 Å². The van der Waals surface area contributed by atoms with E-state index in [0.29, 0.717) is 6.10 Å². The van der Waals surface area contributed by atoms with Crippen molar-refractivity contribution in [1.29, 1.82) is 0 Å². The molecule has 104 valence electrons. The van der Waals surface area contributed by atoms with E-state index < -0.39 is 0 Å². The fourth-order valence-electron chi connectivity index (χ4n) is 3.96. The van der Waals surface area contributed by atoms with Crippen LogP contribution in [0.15, 0.2) is 0 Å². The molecule has 18 heavy (non-hydrogen) atoms. The summed E-state index contributed by atoms with van der Waals surface area (Å²) >= 11 is 0. The van der Waals surface area contributed by atoms with Gasteiger partial charge in [-0.25, -0.2) is 0 Å². The Morgan fingerprint density at radius 2 is 1.78 bits per heavy atom. The topological polar surface area (TPSA) is 44.5 Å². The fourth-order valence-corrected chi connectivity index (χ4v) is 3.96. The van der Waals surface area contributed by atoms with E-state index in [0.717, 1.165) is 19.4 Å². The molecule has 0 aromatic heterocycles. The van der Waals surface area contributed by atoms with Gasteiger partial charge in [-0.05, 0) is 38.5 Å². The standard InChI is InChI=1S/C15H27NO2/c16-13-5-1-2-6-14(13)17-11-12-7-10-15(18-12)8-3-4-9-15/h12-14H,1-11,16H2. The zero-order chi connectivity index (χ0) is 12.4. The minimum absolute atomic E-state index is 0.239. The van der Waals surface area contributed by atoms with E-state index in [1.807, 2.05) is 0 Å². The van der Waals surface area contributed by atoms with Gasteiger partial charge in [-0.2, -0.15) is 0 Å². The minimum atomic E-state index is 0.239. The molecule has 1 aliphatic heterocycles. The van der Waals surface area contributed by atoms with Crippen molar-refractivity contribution >= 4 is 0 Å². The predicted octanol–water partition coefficient (Wildman–Crippen LogP) is 2.76. The van der Waals surface area contributed by atoms with Gasteiger partial charge in [0, 0.05) is 6.04 Å². The lowest BCUT2D eigenvalue weighted by Gasteiger charge is -2.30. The highest BCUT2D eigenvalue weighted by Crippen LogP contribution is 2.43. The van der Waals surface area contributed by atoms with Crippen LogP contribution in [-0.4, -0.2) is 30.5 Å². The van der Waals surface area contributed by atoms with Crippen LogP contribution in [0.3, 0.4) is 0 Å². The third kappa shape index (κ3) is 2.73. The second-order valence-electron chi connectivity index (χ2n) is 6.49. The van der Waals surface area contributed by atoms with Crippen molar-refractivity contribution in [2.75, 3.05) is 6.61 Å². The third-order valence-electron chi connectivity index (χ3n) is 5.10. The average molecular weight is 253 g/mol. The first-order valence-corrected chi connectivity index (χ1v) is 7.82. The van der Waals surface area contributed by atoms with Gasteiger partial charge in [0.25, 0.3) is 0 Å². The maximum atomic E-state index is 6.27. The third-order valence-corrected chi connectivity index (χ3v) is 5.10. The number of rotatable bonds is 3. The Hall–Kier alpha value is -0.120. The summed E-state index contributed by atoms with van der Waals surface area (Å²) < 4.78 is 12.3. The van der Waals surface area contributed by atoms with Crippen LogP contribution in [0.2, 0.25) is 0 Å². The van der Waals surface area contributed by atoms with Gasteiger partial charge in [0.1, 0.15) is 0 Å². The monoisotopic (exact) mass is 253 g/mol. The first-order valence-electron chi connectivity index (χ1n) is 7.82. The lowest BCUT2D eigenvalue weighted by atomic mass is 9.93. The number of nitrogens with two attached hydrogens (primary N) is 1. The zero-order valence-corrected chi connectivity index (χ0v) is 11.4. The van der Waals surface area contributed by atoms with Gasteiger partial charge in [-0.3, -0.25) is 0 Å². The summed E-state index contributed by atoms with van der Waals surface area (Å²) in [5.74, 6) is 0. The molecule has 0 bridgehead atoms. The van der Waals surface area contributed by atoms with Crippen molar-refractivity contribution in [3.8, 4) is 0 Å². The molecule has 3 rings (SSSR count). The van der Waals surface area contributed by atoms with Crippen LogP contribution < -0.4 is 5.73 Å². The van der Waals surface area contributed by atoms with E-state index in [4.69, 9.17) is 15.2 Å². The number of ether oxygens (including phenoxy) is 2. The summed E-state index contributed by atoms with van der Waals surface area (Å²) in [6.45, 7) is 0.764. The van der Waals surface area contributed by atoms with Gasteiger partial charge in [-0.1, -0.05) is 25.7 Å². The second-order valence-corrected chi connectivity index (χ2v) is 6.49. The Morgan fingerprint density at radius 3 is 2.56 bits per heavy atom. The molecule has 3 nitrogen and oxygen atoms in total. The van der Waals surface area contributed by atoms with Crippen LogP contribution >= 0.6 is 0 Å². The molecule has 3 aliphatic rings. The molecular formula is C15H27NO2. The van der Waals surface area contributed by atoms with Crippen molar-refractivity contribution in [3.05, 3.63) is 0 Å². The largest absolute Gasteiger partial charge is 0.374 e. The molecule has 2 saturated carbocycles. The Balaban J connectivity index is 1.44. The Bertz CT molecular complexity index is 276. The predicted molar refractivity (Wildman–Crippen MR) is 71.5 cm³/mol.